The fourth-order valence-electron chi connectivity index (χ4n) is 3.81. The van der Waals surface area contributed by atoms with Gasteiger partial charge in [0.2, 0.25) is 5.91 Å². The van der Waals surface area contributed by atoms with E-state index < -0.39 is 0 Å². The van der Waals surface area contributed by atoms with Crippen molar-refractivity contribution in [1.29, 1.82) is 0 Å². The van der Waals surface area contributed by atoms with E-state index in [1.54, 1.807) is 0 Å². The average Bonchev–Trinajstić information content (AvgIpc) is 2.85. The molecule has 0 aliphatic carbocycles. The monoisotopic (exact) mass is 251 g/mol. The highest BCUT2D eigenvalue weighted by Gasteiger charge is 2.35. The van der Waals surface area contributed by atoms with Crippen LogP contribution >= 0.6 is 0 Å². The molecule has 18 heavy (non-hydrogen) atoms. The van der Waals surface area contributed by atoms with Crippen LogP contribution in [0.1, 0.15) is 32.6 Å². The fraction of sp³-hybridized carbons (Fsp3) is 0.929. The molecule has 0 aromatic rings. The molecule has 3 heterocycles. The summed E-state index contributed by atoms with van der Waals surface area (Å²) in [6.07, 6.45) is 4.64. The Labute approximate surface area is 110 Å². The Hall–Kier alpha value is -0.610. The third-order valence-electron chi connectivity index (χ3n) is 4.87. The van der Waals surface area contributed by atoms with Crippen LogP contribution in [0.25, 0.3) is 0 Å². The van der Waals surface area contributed by atoms with Gasteiger partial charge in [-0.2, -0.15) is 0 Å². The van der Waals surface area contributed by atoms with Gasteiger partial charge < -0.3 is 10.2 Å². The summed E-state index contributed by atoms with van der Waals surface area (Å²) in [6.45, 7) is 7.47. The third kappa shape index (κ3) is 2.41. The van der Waals surface area contributed by atoms with Gasteiger partial charge in [0.05, 0.1) is 0 Å². The number of nitrogens with one attached hydrogen (secondary N) is 1. The van der Waals surface area contributed by atoms with Crippen molar-refractivity contribution in [2.75, 3.05) is 32.7 Å². The molecule has 3 aliphatic rings. The van der Waals surface area contributed by atoms with Gasteiger partial charge >= 0.3 is 0 Å². The number of piperidine rings is 1. The van der Waals surface area contributed by atoms with Crippen LogP contribution in [0.5, 0.6) is 0 Å². The molecule has 0 aromatic heterocycles. The Morgan fingerprint density at radius 1 is 1.22 bits per heavy atom. The molecule has 0 saturated carbocycles. The van der Waals surface area contributed by atoms with E-state index in [4.69, 9.17) is 0 Å². The smallest absolute Gasteiger partial charge is 0.225 e. The van der Waals surface area contributed by atoms with Gasteiger partial charge in [0.25, 0.3) is 0 Å². The van der Waals surface area contributed by atoms with E-state index in [-0.39, 0.29) is 5.92 Å². The molecule has 3 aliphatic heterocycles. The summed E-state index contributed by atoms with van der Waals surface area (Å²) in [5.41, 5.74) is 0. The first-order valence-electron chi connectivity index (χ1n) is 7.50. The molecule has 3 unspecified atom stereocenters. The molecule has 1 N–H and O–H groups in total. The normalized spacial score (nSPS) is 37.6. The van der Waals surface area contributed by atoms with E-state index in [1.807, 2.05) is 0 Å². The highest BCUT2D eigenvalue weighted by molar-refractivity contribution is 5.79. The van der Waals surface area contributed by atoms with Crippen LogP contribution in [-0.2, 0) is 4.79 Å². The summed E-state index contributed by atoms with van der Waals surface area (Å²) in [5.74, 6) is 0.698. The number of carbonyl (C=O) groups is 1. The minimum absolute atomic E-state index is 0.272. The van der Waals surface area contributed by atoms with E-state index >= 15 is 0 Å². The van der Waals surface area contributed by atoms with Crippen LogP contribution in [0.15, 0.2) is 0 Å². The molecule has 1 amide bonds. The maximum Gasteiger partial charge on any atom is 0.225 e. The molecule has 3 fully saturated rings. The molecule has 0 aromatic carbocycles. The van der Waals surface area contributed by atoms with Gasteiger partial charge in [-0.1, -0.05) is 0 Å². The van der Waals surface area contributed by atoms with Crippen molar-refractivity contribution < 1.29 is 4.79 Å². The zero-order valence-corrected chi connectivity index (χ0v) is 11.4. The number of amides is 1. The summed E-state index contributed by atoms with van der Waals surface area (Å²) >= 11 is 0. The molecule has 3 atom stereocenters. The van der Waals surface area contributed by atoms with Crippen molar-refractivity contribution in [3.05, 3.63) is 0 Å². The van der Waals surface area contributed by atoms with Crippen LogP contribution in [-0.4, -0.2) is 60.5 Å². The Kier molecular flexibility index (Phi) is 3.57. The van der Waals surface area contributed by atoms with Crippen LogP contribution in [0, 0.1) is 5.92 Å². The second-order valence-electron chi connectivity index (χ2n) is 6.19. The quantitative estimate of drug-likeness (QED) is 0.744. The first kappa shape index (κ1) is 12.4. The first-order chi connectivity index (χ1) is 8.74. The second-order valence-corrected chi connectivity index (χ2v) is 6.19. The Balaban J connectivity index is 1.59. The van der Waals surface area contributed by atoms with Crippen molar-refractivity contribution in [3.63, 3.8) is 0 Å². The van der Waals surface area contributed by atoms with Crippen LogP contribution < -0.4 is 5.32 Å². The zero-order chi connectivity index (χ0) is 12.5. The number of hydrogen-bond donors (Lipinski definition) is 1. The molecule has 102 valence electrons. The number of rotatable bonds is 1. The highest BCUT2D eigenvalue weighted by Crippen LogP contribution is 2.25. The molecule has 4 nitrogen and oxygen atoms in total. The Morgan fingerprint density at radius 2 is 2.11 bits per heavy atom. The van der Waals surface area contributed by atoms with Crippen LogP contribution in [0.4, 0.5) is 0 Å². The Morgan fingerprint density at radius 3 is 2.94 bits per heavy atom. The molecule has 0 spiro atoms. The van der Waals surface area contributed by atoms with Gasteiger partial charge in [-0.05, 0) is 45.7 Å². The topological polar surface area (TPSA) is 35.6 Å². The predicted octanol–water partition coefficient (Wildman–Crippen LogP) is 0.681. The van der Waals surface area contributed by atoms with E-state index in [0.29, 0.717) is 18.0 Å². The van der Waals surface area contributed by atoms with E-state index in [9.17, 15) is 4.79 Å². The number of piperazine rings is 1. The summed E-state index contributed by atoms with van der Waals surface area (Å²) in [5, 5.41) is 3.43. The SMILES string of the molecule is CC1CC(C(=O)N2CCN3CCCC3C2)CCN1. The lowest BCUT2D eigenvalue weighted by Gasteiger charge is -2.40. The second kappa shape index (κ2) is 5.17. The number of fused-ring (bicyclic) bond motifs is 1. The predicted molar refractivity (Wildman–Crippen MR) is 71.4 cm³/mol. The maximum atomic E-state index is 12.6. The number of hydrogen-bond acceptors (Lipinski definition) is 3. The average molecular weight is 251 g/mol. The van der Waals surface area contributed by atoms with Crippen molar-refractivity contribution in [2.45, 2.75) is 44.7 Å². The summed E-state index contributed by atoms with van der Waals surface area (Å²) in [7, 11) is 0. The molecular weight excluding hydrogens is 226 g/mol. The lowest BCUT2D eigenvalue weighted by Crippen LogP contribution is -2.54. The molecule has 3 rings (SSSR count). The van der Waals surface area contributed by atoms with Gasteiger partial charge in [0.15, 0.2) is 0 Å². The van der Waals surface area contributed by atoms with Gasteiger partial charge in [0.1, 0.15) is 0 Å². The summed E-state index contributed by atoms with van der Waals surface area (Å²) in [6, 6.07) is 1.15. The number of carbonyl (C=O) groups excluding carboxylic acids is 1. The lowest BCUT2D eigenvalue weighted by atomic mass is 9.91. The molecule has 0 bridgehead atoms. The standard InChI is InChI=1S/C14H25N3O/c1-11-9-12(4-5-15-11)14(18)17-8-7-16-6-2-3-13(16)10-17/h11-13,15H,2-10H2,1H3. The van der Waals surface area contributed by atoms with Gasteiger partial charge in [-0.25, -0.2) is 0 Å². The highest BCUT2D eigenvalue weighted by atomic mass is 16.2. The van der Waals surface area contributed by atoms with E-state index in [1.165, 1.54) is 19.4 Å². The van der Waals surface area contributed by atoms with Gasteiger partial charge in [-0.3, -0.25) is 9.69 Å². The van der Waals surface area contributed by atoms with Crippen LogP contribution in [0.2, 0.25) is 0 Å². The summed E-state index contributed by atoms with van der Waals surface area (Å²) in [4.78, 5) is 17.3. The van der Waals surface area contributed by atoms with Gasteiger partial charge in [-0.15, -0.1) is 0 Å². The maximum absolute atomic E-state index is 12.6. The first-order valence-corrected chi connectivity index (χ1v) is 7.50. The van der Waals surface area contributed by atoms with E-state index in [0.717, 1.165) is 39.0 Å². The Bertz CT molecular complexity index is 320. The molecule has 3 saturated heterocycles. The molecule has 0 radical (unpaired) electrons. The molecular formula is C14H25N3O. The largest absolute Gasteiger partial charge is 0.340 e. The van der Waals surface area contributed by atoms with Gasteiger partial charge in [0, 0.05) is 37.6 Å². The van der Waals surface area contributed by atoms with Crippen molar-refractivity contribution in [3.8, 4) is 0 Å². The van der Waals surface area contributed by atoms with Crippen molar-refractivity contribution >= 4 is 5.91 Å². The lowest BCUT2D eigenvalue weighted by molar-refractivity contribution is -0.139. The fourth-order valence-corrected chi connectivity index (χ4v) is 3.81. The van der Waals surface area contributed by atoms with Crippen molar-refractivity contribution in [1.82, 2.24) is 15.1 Å². The van der Waals surface area contributed by atoms with E-state index in [2.05, 4.69) is 22.0 Å². The van der Waals surface area contributed by atoms with Crippen molar-refractivity contribution in [2.24, 2.45) is 5.92 Å². The molecule has 4 heteroatoms. The zero-order valence-electron chi connectivity index (χ0n) is 11.4. The minimum atomic E-state index is 0.272. The third-order valence-corrected chi connectivity index (χ3v) is 4.87. The number of nitrogens with zero attached hydrogens (tertiary/aromatic N) is 2. The van der Waals surface area contributed by atoms with Crippen LogP contribution in [0.3, 0.4) is 0 Å². The minimum Gasteiger partial charge on any atom is -0.340 e. The summed E-state index contributed by atoms with van der Waals surface area (Å²) < 4.78 is 0.